The van der Waals surface area contributed by atoms with Gasteiger partial charge in [0, 0.05) is 37.6 Å². The van der Waals surface area contributed by atoms with E-state index < -0.39 is 30.1 Å². The Labute approximate surface area is 232 Å². The van der Waals surface area contributed by atoms with E-state index in [9.17, 15) is 27.2 Å². The van der Waals surface area contributed by atoms with Gasteiger partial charge in [-0.15, -0.1) is 18.3 Å². The van der Waals surface area contributed by atoms with E-state index in [-0.39, 0.29) is 44.0 Å². The van der Waals surface area contributed by atoms with Gasteiger partial charge in [0.05, 0.1) is 19.2 Å². The third kappa shape index (κ3) is 11.1. The molecule has 1 atom stereocenters. The summed E-state index contributed by atoms with van der Waals surface area (Å²) >= 11 is 0. The molecule has 2 amide bonds. The molecule has 0 radical (unpaired) electrons. The van der Waals surface area contributed by atoms with Crippen molar-refractivity contribution in [2.24, 2.45) is 11.6 Å². The van der Waals surface area contributed by atoms with Crippen molar-refractivity contribution in [1.29, 1.82) is 0 Å². The number of alkyl halides is 4. The van der Waals surface area contributed by atoms with Crippen LogP contribution in [0, 0.1) is 6.92 Å². The van der Waals surface area contributed by atoms with Crippen LogP contribution in [0.4, 0.5) is 23.4 Å². The van der Waals surface area contributed by atoms with Gasteiger partial charge in [-0.2, -0.15) is 0 Å². The summed E-state index contributed by atoms with van der Waals surface area (Å²) in [6.07, 6.45) is -2.38. The number of nitrogens with zero attached hydrogens (tertiary/aromatic N) is 5. The molecule has 0 spiro atoms. The highest BCUT2D eigenvalue weighted by molar-refractivity contribution is 5.92. The molecule has 16 heteroatoms. The van der Waals surface area contributed by atoms with E-state index in [0.717, 1.165) is 34.6 Å². The van der Waals surface area contributed by atoms with Crippen LogP contribution in [0.1, 0.15) is 23.2 Å². The molecule has 6 N–H and O–H groups in total. The van der Waals surface area contributed by atoms with Crippen molar-refractivity contribution < 1.29 is 31.9 Å². The van der Waals surface area contributed by atoms with Crippen LogP contribution in [-0.2, 0) is 29.1 Å². The Morgan fingerprint density at radius 1 is 1.22 bits per heavy atom. The maximum atomic E-state index is 14.5. The number of hydrazine groups is 1. The van der Waals surface area contributed by atoms with Gasteiger partial charge < -0.3 is 26.1 Å². The van der Waals surface area contributed by atoms with Crippen molar-refractivity contribution in [2.45, 2.75) is 45.4 Å². The van der Waals surface area contributed by atoms with E-state index >= 15 is 0 Å². The summed E-state index contributed by atoms with van der Waals surface area (Å²) in [4.78, 5) is 28.6. The molecule has 41 heavy (non-hydrogen) atoms. The van der Waals surface area contributed by atoms with Crippen LogP contribution in [0.2, 0.25) is 0 Å². The molecule has 0 fully saturated rings. The predicted octanol–water partition coefficient (Wildman–Crippen LogP) is 2.08. The molecule has 0 aliphatic rings. The number of amides is 2. The first-order valence-corrected chi connectivity index (χ1v) is 12.2. The number of benzene rings is 1. The fourth-order valence-corrected chi connectivity index (χ4v) is 3.46. The van der Waals surface area contributed by atoms with Gasteiger partial charge in [0.15, 0.2) is 5.82 Å². The number of pyridine rings is 1. The Balaban J connectivity index is 1.40. The number of hydrogen-bond acceptors (Lipinski definition) is 9. The summed E-state index contributed by atoms with van der Waals surface area (Å²) in [5, 5.41) is 13.6. The van der Waals surface area contributed by atoms with Crippen LogP contribution in [-0.4, -0.2) is 55.9 Å². The van der Waals surface area contributed by atoms with Crippen LogP contribution in [0.15, 0.2) is 60.7 Å². The van der Waals surface area contributed by atoms with Crippen molar-refractivity contribution in [3.63, 3.8) is 0 Å². The molecule has 0 saturated carbocycles. The molecular weight excluding hydrogens is 550 g/mol. The minimum Gasteiger partial charge on any atom is -0.406 e. The van der Waals surface area contributed by atoms with Crippen molar-refractivity contribution in [3.05, 3.63) is 77.5 Å². The number of aromatic nitrogens is 4. The fraction of sp³-hybridized carbons (Fsp3) is 0.320. The molecule has 2 aromatic heterocycles. The maximum Gasteiger partial charge on any atom is 0.573 e. The smallest absolute Gasteiger partial charge is 0.406 e. The summed E-state index contributed by atoms with van der Waals surface area (Å²) in [5.41, 5.74) is 7.47. The van der Waals surface area contributed by atoms with E-state index in [4.69, 9.17) is 11.6 Å². The monoisotopic (exact) mass is 579 g/mol. The third-order valence-corrected chi connectivity index (χ3v) is 5.38. The Morgan fingerprint density at radius 3 is 2.71 bits per heavy atom. The zero-order chi connectivity index (χ0) is 30.0. The lowest BCUT2D eigenvalue weighted by atomic mass is 10.1. The van der Waals surface area contributed by atoms with Crippen molar-refractivity contribution in [2.75, 3.05) is 11.9 Å². The number of carbonyl (C=O) groups is 2. The second-order valence-electron chi connectivity index (χ2n) is 8.94. The molecule has 2 heterocycles. The van der Waals surface area contributed by atoms with E-state index in [0.29, 0.717) is 5.56 Å². The standard InChI is InChI=1S/C25H29F4N9O3/c1-16-5-6-18(11-32-16)12-33-24(40)21(30)14-37(31)13-19(26)7-8-38-15-22(35-36-38)34-23(39)10-17-3-2-4-20(9-17)41-25(27,28)29/h2-6,9,11,14-15,19H,7-8,10,12-13,30-31H2,1H3,(H,33,40)(H,34,39)/b21-14-. The Kier molecular flexibility index (Phi) is 10.6. The van der Waals surface area contributed by atoms with Crippen LogP contribution in [0.5, 0.6) is 5.75 Å². The van der Waals surface area contributed by atoms with Gasteiger partial charge >= 0.3 is 6.36 Å². The van der Waals surface area contributed by atoms with Gasteiger partial charge in [0.2, 0.25) is 5.91 Å². The molecular formula is C25H29F4N9O3. The van der Waals surface area contributed by atoms with E-state index in [1.54, 1.807) is 6.20 Å². The van der Waals surface area contributed by atoms with Crippen molar-refractivity contribution in [3.8, 4) is 5.75 Å². The zero-order valence-corrected chi connectivity index (χ0v) is 21.9. The summed E-state index contributed by atoms with van der Waals surface area (Å²) in [6.45, 7) is 1.89. The number of nitrogens with one attached hydrogen (secondary N) is 2. The molecule has 1 aromatic carbocycles. The molecule has 0 aliphatic heterocycles. The second kappa shape index (κ2) is 14.1. The Hall–Kier alpha value is -4.73. The van der Waals surface area contributed by atoms with Crippen LogP contribution in [0.3, 0.4) is 0 Å². The molecule has 1 unspecified atom stereocenters. The lowest BCUT2D eigenvalue weighted by Gasteiger charge is -2.17. The first-order chi connectivity index (χ1) is 19.4. The number of hydrogen-bond donors (Lipinski definition) is 4. The SMILES string of the molecule is Cc1ccc(CNC(=O)/C(N)=C/N(N)CC(F)CCn2cc(NC(=O)Cc3cccc(OC(F)(F)F)c3)nn2)cn1. The quantitative estimate of drug-likeness (QED) is 0.103. The highest BCUT2D eigenvalue weighted by Gasteiger charge is 2.31. The second-order valence-corrected chi connectivity index (χ2v) is 8.94. The van der Waals surface area contributed by atoms with Crippen molar-refractivity contribution in [1.82, 2.24) is 30.3 Å². The van der Waals surface area contributed by atoms with Gasteiger partial charge in [-0.25, -0.2) is 10.2 Å². The first-order valence-electron chi connectivity index (χ1n) is 12.2. The van der Waals surface area contributed by atoms with E-state index in [1.165, 1.54) is 23.0 Å². The number of aryl methyl sites for hydroxylation is 2. The summed E-state index contributed by atoms with van der Waals surface area (Å²) in [7, 11) is 0. The summed E-state index contributed by atoms with van der Waals surface area (Å²) in [5.74, 6) is 4.29. The largest absolute Gasteiger partial charge is 0.573 e. The number of rotatable bonds is 13. The Morgan fingerprint density at radius 2 is 2.00 bits per heavy atom. The first kappa shape index (κ1) is 30.8. The van der Waals surface area contributed by atoms with Crippen LogP contribution >= 0.6 is 0 Å². The van der Waals surface area contributed by atoms with E-state index in [2.05, 4.69) is 30.7 Å². The van der Waals surface area contributed by atoms with E-state index in [1.807, 2.05) is 19.1 Å². The average Bonchev–Trinajstić information content (AvgIpc) is 3.33. The minimum absolute atomic E-state index is 0.0171. The minimum atomic E-state index is -4.85. The van der Waals surface area contributed by atoms with Crippen LogP contribution < -0.4 is 26.9 Å². The molecule has 3 aromatic rings. The molecule has 220 valence electrons. The number of nitrogens with two attached hydrogens (primary N) is 2. The van der Waals surface area contributed by atoms with Gasteiger partial charge in [-0.3, -0.25) is 19.3 Å². The number of carbonyl (C=O) groups excluding carboxylic acids is 2. The van der Waals surface area contributed by atoms with Gasteiger partial charge in [0.1, 0.15) is 17.6 Å². The molecule has 0 aliphatic carbocycles. The summed E-state index contributed by atoms with van der Waals surface area (Å²) < 4.78 is 56.8. The number of anilines is 1. The molecule has 0 saturated heterocycles. The van der Waals surface area contributed by atoms with Crippen LogP contribution in [0.25, 0.3) is 0 Å². The predicted molar refractivity (Wildman–Crippen MR) is 139 cm³/mol. The average molecular weight is 580 g/mol. The van der Waals surface area contributed by atoms with Gasteiger partial charge in [-0.05, 0) is 36.2 Å². The van der Waals surface area contributed by atoms with Gasteiger partial charge in [-0.1, -0.05) is 23.4 Å². The molecule has 3 rings (SSSR count). The third-order valence-electron chi connectivity index (χ3n) is 5.38. The lowest BCUT2D eigenvalue weighted by molar-refractivity contribution is -0.274. The highest BCUT2D eigenvalue weighted by Crippen LogP contribution is 2.23. The van der Waals surface area contributed by atoms with Gasteiger partial charge in [0.25, 0.3) is 5.91 Å². The highest BCUT2D eigenvalue weighted by atomic mass is 19.4. The topological polar surface area (TPSA) is 166 Å². The fourth-order valence-electron chi connectivity index (χ4n) is 3.46. The summed E-state index contributed by atoms with van der Waals surface area (Å²) in [6, 6.07) is 8.65. The normalized spacial score (nSPS) is 12.5. The van der Waals surface area contributed by atoms with Crippen molar-refractivity contribution >= 4 is 17.6 Å². The number of halogens is 4. The zero-order valence-electron chi connectivity index (χ0n) is 21.9. The molecule has 12 nitrogen and oxygen atoms in total. The maximum absolute atomic E-state index is 14.5. The number of ether oxygens (including phenoxy) is 1. The Bertz CT molecular complexity index is 1350. The lowest BCUT2D eigenvalue weighted by Crippen LogP contribution is -2.36. The molecule has 0 bridgehead atoms.